The summed E-state index contributed by atoms with van der Waals surface area (Å²) < 4.78 is 4.91. The lowest BCUT2D eigenvalue weighted by atomic mass is 9.77. The average molecular weight is 295 g/mol. The van der Waals surface area contributed by atoms with Crippen LogP contribution in [0, 0.1) is 5.92 Å². The smallest absolute Gasteiger partial charge is 0.336 e. The second kappa shape index (κ2) is 6.48. The molecule has 5 heteroatoms. The summed E-state index contributed by atoms with van der Waals surface area (Å²) in [6.07, 6.45) is 5.20. The number of esters is 1. The first-order chi connectivity index (χ1) is 9.60. The summed E-state index contributed by atoms with van der Waals surface area (Å²) in [7, 11) is 1.39. The van der Waals surface area contributed by atoms with Crippen molar-refractivity contribution in [3.63, 3.8) is 0 Å². The number of allylic oxidation sites excluding steroid dienone is 3. The van der Waals surface area contributed by atoms with Gasteiger partial charge in [0.2, 0.25) is 0 Å². The van der Waals surface area contributed by atoms with Crippen LogP contribution in [0.1, 0.15) is 32.6 Å². The van der Waals surface area contributed by atoms with E-state index >= 15 is 0 Å². The predicted octanol–water partition coefficient (Wildman–Crippen LogP) is 2.41. The number of rotatable bonds is 4. The minimum absolute atomic E-state index is 0.112. The Labute approximate surface area is 124 Å². The summed E-state index contributed by atoms with van der Waals surface area (Å²) in [5.74, 6) is 0.659. The van der Waals surface area contributed by atoms with Gasteiger partial charge < -0.3 is 10.1 Å². The molecule has 2 aliphatic rings. The number of Topliss-reactive ketones (excluding diaryl/α,β-unsaturated/α-hetero) is 1. The largest absolute Gasteiger partial charge is 0.466 e. The highest BCUT2D eigenvalue weighted by Crippen LogP contribution is 2.38. The van der Waals surface area contributed by atoms with Crippen LogP contribution in [0.4, 0.5) is 0 Å². The van der Waals surface area contributed by atoms with Crippen molar-refractivity contribution < 1.29 is 14.3 Å². The van der Waals surface area contributed by atoms with Gasteiger partial charge in [-0.25, -0.2) is 4.79 Å². The third-order valence-electron chi connectivity index (χ3n) is 3.91. The third-order valence-corrected chi connectivity index (χ3v) is 4.56. The van der Waals surface area contributed by atoms with E-state index in [2.05, 4.69) is 5.32 Å². The van der Waals surface area contributed by atoms with Gasteiger partial charge in [0.05, 0.1) is 12.7 Å². The zero-order valence-electron chi connectivity index (χ0n) is 12.2. The van der Waals surface area contributed by atoms with Crippen LogP contribution < -0.4 is 5.32 Å². The van der Waals surface area contributed by atoms with E-state index in [1.165, 1.54) is 7.11 Å². The molecule has 0 amide bonds. The Morgan fingerprint density at radius 2 is 2.20 bits per heavy atom. The van der Waals surface area contributed by atoms with Crippen LogP contribution in [-0.4, -0.2) is 30.9 Å². The van der Waals surface area contributed by atoms with Gasteiger partial charge in [-0.2, -0.15) is 11.8 Å². The van der Waals surface area contributed by atoms with Crippen LogP contribution in [0.25, 0.3) is 0 Å². The number of thioether (sulfide) groups is 1. The van der Waals surface area contributed by atoms with E-state index in [0.717, 1.165) is 42.0 Å². The second-order valence-corrected chi connectivity index (χ2v) is 6.14. The molecule has 1 aliphatic heterocycles. The van der Waals surface area contributed by atoms with E-state index < -0.39 is 0 Å². The first-order valence-corrected chi connectivity index (χ1v) is 8.30. The molecule has 0 fully saturated rings. The van der Waals surface area contributed by atoms with E-state index in [4.69, 9.17) is 4.74 Å². The van der Waals surface area contributed by atoms with Gasteiger partial charge in [-0.3, -0.25) is 4.79 Å². The normalized spacial score (nSPS) is 22.6. The van der Waals surface area contributed by atoms with E-state index in [1.807, 2.05) is 13.2 Å². The van der Waals surface area contributed by atoms with Gasteiger partial charge in [0.15, 0.2) is 5.78 Å². The number of carbonyl (C=O) groups excluding carboxylic acids is 2. The average Bonchev–Trinajstić information content (AvgIpc) is 2.43. The Hall–Kier alpha value is -1.23. The van der Waals surface area contributed by atoms with Gasteiger partial charge in [-0.1, -0.05) is 0 Å². The molecular formula is C15H21NO3S. The maximum absolute atomic E-state index is 12.3. The number of nitrogens with one attached hydrogen (secondary N) is 1. The Morgan fingerprint density at radius 1 is 1.45 bits per heavy atom. The van der Waals surface area contributed by atoms with Crippen molar-refractivity contribution in [2.24, 2.45) is 5.92 Å². The van der Waals surface area contributed by atoms with Crippen LogP contribution in [0.2, 0.25) is 0 Å². The number of hydrogen-bond acceptors (Lipinski definition) is 5. The molecule has 1 atom stereocenters. The van der Waals surface area contributed by atoms with Crippen LogP contribution >= 0.6 is 11.8 Å². The molecule has 1 N–H and O–H groups in total. The van der Waals surface area contributed by atoms with Gasteiger partial charge in [0.25, 0.3) is 0 Å². The molecule has 0 bridgehead atoms. The molecule has 20 heavy (non-hydrogen) atoms. The van der Waals surface area contributed by atoms with E-state index in [-0.39, 0.29) is 17.7 Å². The summed E-state index contributed by atoms with van der Waals surface area (Å²) in [4.78, 5) is 24.4. The SMILES string of the molecule is COC(=O)C1=C(C)NC2=C(C(=O)CCC2)C1CCSC. The van der Waals surface area contributed by atoms with Crippen molar-refractivity contribution >= 4 is 23.5 Å². The maximum Gasteiger partial charge on any atom is 0.336 e. The lowest BCUT2D eigenvalue weighted by molar-refractivity contribution is -0.136. The highest BCUT2D eigenvalue weighted by molar-refractivity contribution is 7.98. The number of ketones is 1. The van der Waals surface area contributed by atoms with Gasteiger partial charge in [0.1, 0.15) is 0 Å². The molecule has 0 aromatic carbocycles. The molecule has 0 aromatic rings. The third kappa shape index (κ3) is 2.77. The van der Waals surface area contributed by atoms with Crippen molar-refractivity contribution in [1.82, 2.24) is 5.32 Å². The van der Waals surface area contributed by atoms with Crippen molar-refractivity contribution in [3.8, 4) is 0 Å². The molecule has 0 spiro atoms. The lowest BCUT2D eigenvalue weighted by Gasteiger charge is -2.33. The molecule has 4 nitrogen and oxygen atoms in total. The van der Waals surface area contributed by atoms with Crippen LogP contribution in [0.3, 0.4) is 0 Å². The quantitative estimate of drug-likeness (QED) is 0.807. The number of methoxy groups -OCH3 is 1. The van der Waals surface area contributed by atoms with Gasteiger partial charge in [0, 0.05) is 29.3 Å². The molecule has 2 rings (SSSR count). The number of hydrogen-bond donors (Lipinski definition) is 1. The molecule has 1 aliphatic carbocycles. The molecule has 1 heterocycles. The minimum atomic E-state index is -0.328. The first kappa shape index (κ1) is 15.2. The zero-order valence-corrected chi connectivity index (χ0v) is 13.1. The summed E-state index contributed by atoms with van der Waals surface area (Å²) in [6.45, 7) is 1.89. The fourth-order valence-electron chi connectivity index (χ4n) is 3.03. The Morgan fingerprint density at radius 3 is 2.85 bits per heavy atom. The fourth-order valence-corrected chi connectivity index (χ4v) is 3.50. The van der Waals surface area contributed by atoms with E-state index in [1.54, 1.807) is 11.8 Å². The summed E-state index contributed by atoms with van der Waals surface area (Å²) in [6, 6.07) is 0. The number of ether oxygens (including phenoxy) is 1. The summed E-state index contributed by atoms with van der Waals surface area (Å²) in [5, 5.41) is 3.25. The van der Waals surface area contributed by atoms with E-state index in [0.29, 0.717) is 12.0 Å². The first-order valence-electron chi connectivity index (χ1n) is 6.91. The van der Waals surface area contributed by atoms with Crippen LogP contribution in [0.15, 0.2) is 22.5 Å². The molecule has 110 valence electrons. The van der Waals surface area contributed by atoms with Gasteiger partial charge in [-0.15, -0.1) is 0 Å². The second-order valence-electron chi connectivity index (χ2n) is 5.16. The monoisotopic (exact) mass is 295 g/mol. The lowest BCUT2D eigenvalue weighted by Crippen LogP contribution is -2.35. The molecule has 0 aromatic heterocycles. The summed E-state index contributed by atoms with van der Waals surface area (Å²) in [5.41, 5.74) is 3.28. The molecule has 0 radical (unpaired) electrons. The molecular weight excluding hydrogens is 274 g/mol. The topological polar surface area (TPSA) is 55.4 Å². The van der Waals surface area contributed by atoms with Crippen molar-refractivity contribution in [2.45, 2.75) is 32.6 Å². The predicted molar refractivity (Wildman–Crippen MR) is 80.2 cm³/mol. The number of carbonyl (C=O) groups is 2. The minimum Gasteiger partial charge on any atom is -0.466 e. The standard InChI is InChI=1S/C15H21NO3S/c1-9-13(15(18)19-2)10(7-8-20-3)14-11(16-9)5-4-6-12(14)17/h10,16H,4-8H2,1-3H3. The molecule has 1 unspecified atom stereocenters. The molecule has 0 saturated carbocycles. The highest BCUT2D eigenvalue weighted by atomic mass is 32.2. The fraction of sp³-hybridized carbons (Fsp3) is 0.600. The zero-order chi connectivity index (χ0) is 14.7. The van der Waals surface area contributed by atoms with Crippen molar-refractivity contribution in [1.29, 1.82) is 0 Å². The summed E-state index contributed by atoms with van der Waals surface area (Å²) >= 11 is 1.73. The van der Waals surface area contributed by atoms with Gasteiger partial charge in [-0.05, 0) is 38.2 Å². The Bertz CT molecular complexity index is 493. The van der Waals surface area contributed by atoms with Gasteiger partial charge >= 0.3 is 5.97 Å². The van der Waals surface area contributed by atoms with Crippen LogP contribution in [-0.2, 0) is 14.3 Å². The van der Waals surface area contributed by atoms with Crippen molar-refractivity contribution in [2.75, 3.05) is 19.1 Å². The molecule has 0 saturated heterocycles. The van der Waals surface area contributed by atoms with Crippen LogP contribution in [0.5, 0.6) is 0 Å². The maximum atomic E-state index is 12.3. The highest BCUT2D eigenvalue weighted by Gasteiger charge is 2.37. The Balaban J connectivity index is 2.41. The Kier molecular flexibility index (Phi) is 4.91. The number of dihydropyridines is 1. The van der Waals surface area contributed by atoms with E-state index in [9.17, 15) is 9.59 Å². The van der Waals surface area contributed by atoms with Crippen molar-refractivity contribution in [3.05, 3.63) is 22.5 Å².